The molecule has 0 unspecified atom stereocenters. The van der Waals surface area contributed by atoms with Crippen LogP contribution in [-0.2, 0) is 6.42 Å². The van der Waals surface area contributed by atoms with Crippen molar-refractivity contribution in [2.75, 3.05) is 17.2 Å². The van der Waals surface area contributed by atoms with Crippen molar-refractivity contribution in [1.29, 1.82) is 0 Å². The number of fused-ring (bicyclic) bond motifs is 1. The number of hydrogen-bond donors (Lipinski definition) is 2. The van der Waals surface area contributed by atoms with Crippen LogP contribution in [0.2, 0.25) is 0 Å². The Morgan fingerprint density at radius 3 is 2.43 bits per heavy atom. The SMILES string of the molecule is Cc1cccc(Nc2nc(NCCc3ccccc3)c3ccccc3n2)c1C. The molecule has 1 aromatic heterocycles. The summed E-state index contributed by atoms with van der Waals surface area (Å²) in [6.45, 7) is 5.03. The largest absolute Gasteiger partial charge is 0.369 e. The summed E-state index contributed by atoms with van der Waals surface area (Å²) in [5, 5.41) is 7.92. The van der Waals surface area contributed by atoms with Gasteiger partial charge in [0.2, 0.25) is 5.95 Å². The lowest BCUT2D eigenvalue weighted by molar-refractivity contribution is 1.01. The Morgan fingerprint density at radius 1 is 0.786 bits per heavy atom. The van der Waals surface area contributed by atoms with Gasteiger partial charge in [0.25, 0.3) is 0 Å². The van der Waals surface area contributed by atoms with Crippen molar-refractivity contribution in [3.05, 3.63) is 89.5 Å². The zero-order valence-corrected chi connectivity index (χ0v) is 16.2. The molecular formula is C24H24N4. The number of aryl methyl sites for hydroxylation is 1. The maximum atomic E-state index is 4.76. The maximum absolute atomic E-state index is 4.76. The zero-order valence-electron chi connectivity index (χ0n) is 16.2. The van der Waals surface area contributed by atoms with E-state index in [0.29, 0.717) is 5.95 Å². The molecule has 28 heavy (non-hydrogen) atoms. The normalized spacial score (nSPS) is 10.8. The van der Waals surface area contributed by atoms with Crippen LogP contribution < -0.4 is 10.6 Å². The highest BCUT2D eigenvalue weighted by atomic mass is 15.1. The number of nitrogens with one attached hydrogen (secondary N) is 2. The number of para-hydroxylation sites is 1. The van der Waals surface area contributed by atoms with Crippen molar-refractivity contribution < 1.29 is 0 Å². The van der Waals surface area contributed by atoms with Crippen molar-refractivity contribution in [3.8, 4) is 0 Å². The fourth-order valence-electron chi connectivity index (χ4n) is 3.24. The van der Waals surface area contributed by atoms with E-state index in [4.69, 9.17) is 9.97 Å². The van der Waals surface area contributed by atoms with Gasteiger partial charge in [0.15, 0.2) is 0 Å². The van der Waals surface area contributed by atoms with E-state index in [-0.39, 0.29) is 0 Å². The Bertz CT molecular complexity index is 1090. The maximum Gasteiger partial charge on any atom is 0.229 e. The summed E-state index contributed by atoms with van der Waals surface area (Å²) in [5.41, 5.74) is 5.71. The minimum Gasteiger partial charge on any atom is -0.369 e. The summed E-state index contributed by atoms with van der Waals surface area (Å²) >= 11 is 0. The van der Waals surface area contributed by atoms with E-state index in [0.717, 1.165) is 35.4 Å². The first-order chi connectivity index (χ1) is 13.7. The molecule has 0 atom stereocenters. The summed E-state index contributed by atoms with van der Waals surface area (Å²) in [6, 6.07) is 24.8. The van der Waals surface area contributed by atoms with Gasteiger partial charge in [-0.25, -0.2) is 4.98 Å². The van der Waals surface area contributed by atoms with E-state index in [1.807, 2.05) is 30.3 Å². The standard InChI is InChI=1S/C24H24N4/c1-17-9-8-14-21(18(17)2)26-24-27-22-13-7-6-12-20(22)23(28-24)25-16-15-19-10-4-3-5-11-19/h3-14H,15-16H2,1-2H3,(H2,25,26,27,28). The Labute approximate surface area is 165 Å². The number of anilines is 3. The molecule has 0 aliphatic heterocycles. The third-order valence-electron chi connectivity index (χ3n) is 5.00. The van der Waals surface area contributed by atoms with Gasteiger partial charge in [-0.1, -0.05) is 54.6 Å². The summed E-state index contributed by atoms with van der Waals surface area (Å²) in [5.74, 6) is 1.46. The van der Waals surface area contributed by atoms with E-state index in [9.17, 15) is 0 Å². The van der Waals surface area contributed by atoms with E-state index >= 15 is 0 Å². The molecule has 140 valence electrons. The third kappa shape index (κ3) is 3.96. The van der Waals surface area contributed by atoms with Gasteiger partial charge in [-0.15, -0.1) is 0 Å². The quantitative estimate of drug-likeness (QED) is 0.462. The number of hydrogen-bond acceptors (Lipinski definition) is 4. The van der Waals surface area contributed by atoms with Gasteiger partial charge in [-0.05, 0) is 55.2 Å². The number of nitrogens with zero attached hydrogens (tertiary/aromatic N) is 2. The minimum absolute atomic E-state index is 0.606. The Kier molecular flexibility index (Phi) is 5.20. The van der Waals surface area contributed by atoms with Crippen LogP contribution in [0, 0.1) is 13.8 Å². The molecule has 0 radical (unpaired) electrons. The van der Waals surface area contributed by atoms with Crippen molar-refractivity contribution in [2.24, 2.45) is 0 Å². The second-order valence-corrected chi connectivity index (χ2v) is 6.95. The molecule has 0 saturated carbocycles. The Hall–Kier alpha value is -3.40. The smallest absolute Gasteiger partial charge is 0.229 e. The number of aromatic nitrogens is 2. The number of benzene rings is 3. The summed E-state index contributed by atoms with van der Waals surface area (Å²) < 4.78 is 0. The predicted octanol–water partition coefficient (Wildman–Crippen LogP) is 5.64. The average molecular weight is 368 g/mol. The minimum atomic E-state index is 0.606. The Morgan fingerprint density at radius 2 is 1.57 bits per heavy atom. The van der Waals surface area contributed by atoms with Crippen LogP contribution in [0.5, 0.6) is 0 Å². The van der Waals surface area contributed by atoms with Crippen LogP contribution in [0.1, 0.15) is 16.7 Å². The van der Waals surface area contributed by atoms with E-state index < -0.39 is 0 Å². The second-order valence-electron chi connectivity index (χ2n) is 6.95. The monoisotopic (exact) mass is 368 g/mol. The van der Waals surface area contributed by atoms with Crippen molar-refractivity contribution in [2.45, 2.75) is 20.3 Å². The van der Waals surface area contributed by atoms with Crippen LogP contribution >= 0.6 is 0 Å². The highest BCUT2D eigenvalue weighted by molar-refractivity contribution is 5.90. The molecule has 4 rings (SSSR count). The van der Waals surface area contributed by atoms with Crippen LogP contribution in [0.15, 0.2) is 72.8 Å². The average Bonchev–Trinajstić information content (AvgIpc) is 2.72. The summed E-state index contributed by atoms with van der Waals surface area (Å²) in [6.07, 6.45) is 0.943. The molecule has 3 aromatic carbocycles. The molecule has 4 aromatic rings. The molecule has 2 N–H and O–H groups in total. The lowest BCUT2D eigenvalue weighted by atomic mass is 10.1. The van der Waals surface area contributed by atoms with Gasteiger partial charge in [-0.3, -0.25) is 0 Å². The van der Waals surface area contributed by atoms with Crippen molar-refractivity contribution in [3.63, 3.8) is 0 Å². The first kappa shape index (κ1) is 18.0. The van der Waals surface area contributed by atoms with Crippen molar-refractivity contribution >= 4 is 28.4 Å². The van der Waals surface area contributed by atoms with Gasteiger partial charge in [0.05, 0.1) is 5.52 Å². The van der Waals surface area contributed by atoms with Gasteiger partial charge in [-0.2, -0.15) is 4.98 Å². The summed E-state index contributed by atoms with van der Waals surface area (Å²) in [4.78, 5) is 9.47. The molecule has 0 bridgehead atoms. The molecule has 0 spiro atoms. The molecule has 1 heterocycles. The van der Waals surface area contributed by atoms with Crippen LogP contribution in [0.4, 0.5) is 17.5 Å². The first-order valence-corrected chi connectivity index (χ1v) is 9.58. The molecule has 0 aliphatic rings. The Balaban J connectivity index is 1.60. The van der Waals surface area contributed by atoms with Crippen LogP contribution in [0.3, 0.4) is 0 Å². The summed E-state index contributed by atoms with van der Waals surface area (Å²) in [7, 11) is 0. The molecular weight excluding hydrogens is 344 g/mol. The lowest BCUT2D eigenvalue weighted by Crippen LogP contribution is -2.09. The lowest BCUT2D eigenvalue weighted by Gasteiger charge is -2.14. The van der Waals surface area contributed by atoms with E-state index in [2.05, 4.69) is 66.9 Å². The van der Waals surface area contributed by atoms with Crippen LogP contribution in [-0.4, -0.2) is 16.5 Å². The van der Waals surface area contributed by atoms with E-state index in [1.54, 1.807) is 0 Å². The third-order valence-corrected chi connectivity index (χ3v) is 5.00. The highest BCUT2D eigenvalue weighted by Gasteiger charge is 2.09. The van der Waals surface area contributed by atoms with Gasteiger partial charge < -0.3 is 10.6 Å². The molecule has 0 saturated heterocycles. The fraction of sp³-hybridized carbons (Fsp3) is 0.167. The molecule has 0 aliphatic carbocycles. The van der Waals surface area contributed by atoms with E-state index in [1.165, 1.54) is 16.7 Å². The second kappa shape index (κ2) is 8.09. The number of rotatable bonds is 6. The van der Waals surface area contributed by atoms with Gasteiger partial charge >= 0.3 is 0 Å². The molecule has 0 amide bonds. The predicted molar refractivity (Wildman–Crippen MR) is 117 cm³/mol. The molecule has 4 heteroatoms. The van der Waals surface area contributed by atoms with Crippen LogP contribution in [0.25, 0.3) is 10.9 Å². The molecule has 4 nitrogen and oxygen atoms in total. The highest BCUT2D eigenvalue weighted by Crippen LogP contribution is 2.25. The first-order valence-electron chi connectivity index (χ1n) is 9.58. The van der Waals surface area contributed by atoms with Crippen molar-refractivity contribution in [1.82, 2.24) is 9.97 Å². The van der Waals surface area contributed by atoms with Gasteiger partial charge in [0, 0.05) is 17.6 Å². The van der Waals surface area contributed by atoms with Gasteiger partial charge in [0.1, 0.15) is 5.82 Å². The fourth-order valence-corrected chi connectivity index (χ4v) is 3.24. The zero-order chi connectivity index (χ0) is 19.3. The molecule has 0 fully saturated rings. The topological polar surface area (TPSA) is 49.8 Å².